The number of carbonyl (C=O) groups excluding carboxylic acids is 1. The quantitative estimate of drug-likeness (QED) is 0.443. The van der Waals surface area contributed by atoms with E-state index in [0.29, 0.717) is 0 Å². The van der Waals surface area contributed by atoms with Crippen molar-refractivity contribution in [3.05, 3.63) is 0 Å². The molecule has 5 heteroatoms. The summed E-state index contributed by atoms with van der Waals surface area (Å²) in [5, 5.41) is 0. The second-order valence-electron chi connectivity index (χ2n) is 1.98. The standard InChI is InChI=1S/C6H10F2O2.H2O/c1-10-4-2-3-6(7,8)5-9;/h5H,2-4H2,1H3;1H2. The number of ether oxygens (including phenoxy) is 1. The molecular formula is C6H12F2O3. The summed E-state index contributed by atoms with van der Waals surface area (Å²) in [5.41, 5.74) is 0. The molecule has 0 rings (SSSR count). The molecule has 0 amide bonds. The molecule has 0 unspecified atom stereocenters. The Kier molecular flexibility index (Phi) is 7.34. The molecule has 0 aliphatic heterocycles. The molecule has 0 spiro atoms. The SMILES string of the molecule is COCCCC(F)(F)C=O.O. The van der Waals surface area contributed by atoms with Crippen LogP contribution in [0.25, 0.3) is 0 Å². The minimum atomic E-state index is -3.17. The molecule has 68 valence electrons. The van der Waals surface area contributed by atoms with Gasteiger partial charge in [-0.05, 0) is 6.42 Å². The summed E-state index contributed by atoms with van der Waals surface area (Å²) in [5.74, 6) is -3.17. The fraction of sp³-hybridized carbons (Fsp3) is 0.833. The van der Waals surface area contributed by atoms with Crippen molar-refractivity contribution in [1.82, 2.24) is 0 Å². The monoisotopic (exact) mass is 170 g/mol. The van der Waals surface area contributed by atoms with Gasteiger partial charge in [0.05, 0.1) is 0 Å². The van der Waals surface area contributed by atoms with Crippen molar-refractivity contribution in [3.8, 4) is 0 Å². The van der Waals surface area contributed by atoms with Gasteiger partial charge in [0.25, 0.3) is 0 Å². The van der Waals surface area contributed by atoms with Crippen molar-refractivity contribution in [2.45, 2.75) is 18.8 Å². The third-order valence-electron chi connectivity index (χ3n) is 1.03. The zero-order chi connectivity index (χ0) is 8.04. The Bertz CT molecular complexity index is 106. The average Bonchev–Trinajstić information content (AvgIpc) is 1.89. The molecule has 0 saturated heterocycles. The van der Waals surface area contributed by atoms with Crippen molar-refractivity contribution in [1.29, 1.82) is 0 Å². The van der Waals surface area contributed by atoms with Gasteiger partial charge in [0.2, 0.25) is 0 Å². The van der Waals surface area contributed by atoms with E-state index in [2.05, 4.69) is 4.74 Å². The van der Waals surface area contributed by atoms with E-state index in [1.165, 1.54) is 7.11 Å². The van der Waals surface area contributed by atoms with Crippen LogP contribution in [-0.2, 0) is 9.53 Å². The minimum absolute atomic E-state index is 0. The van der Waals surface area contributed by atoms with Crippen molar-refractivity contribution in [3.63, 3.8) is 0 Å². The second-order valence-corrected chi connectivity index (χ2v) is 1.98. The highest BCUT2D eigenvalue weighted by Crippen LogP contribution is 2.16. The molecule has 0 fully saturated rings. The van der Waals surface area contributed by atoms with Crippen LogP contribution in [0.1, 0.15) is 12.8 Å². The molecule has 0 radical (unpaired) electrons. The Balaban J connectivity index is 0. The zero-order valence-corrected chi connectivity index (χ0v) is 6.27. The van der Waals surface area contributed by atoms with Crippen LogP contribution in [0.2, 0.25) is 0 Å². The lowest BCUT2D eigenvalue weighted by Gasteiger charge is -2.06. The first-order valence-corrected chi connectivity index (χ1v) is 2.95. The van der Waals surface area contributed by atoms with Gasteiger partial charge in [-0.1, -0.05) is 0 Å². The van der Waals surface area contributed by atoms with Crippen LogP contribution in [0.4, 0.5) is 8.78 Å². The summed E-state index contributed by atoms with van der Waals surface area (Å²) in [6.45, 7) is 0.267. The number of rotatable bonds is 5. The molecule has 0 bridgehead atoms. The number of alkyl halides is 2. The molecule has 3 nitrogen and oxygen atoms in total. The molecule has 11 heavy (non-hydrogen) atoms. The van der Waals surface area contributed by atoms with Crippen molar-refractivity contribution < 1.29 is 23.8 Å². The Labute approximate surface area is 63.7 Å². The van der Waals surface area contributed by atoms with Crippen LogP contribution in [0, 0.1) is 0 Å². The summed E-state index contributed by atoms with van der Waals surface area (Å²) < 4.78 is 28.6. The Morgan fingerprint density at radius 2 is 2.09 bits per heavy atom. The van der Waals surface area contributed by atoms with E-state index >= 15 is 0 Å². The Morgan fingerprint density at radius 3 is 2.45 bits per heavy atom. The van der Waals surface area contributed by atoms with Gasteiger partial charge in [-0.15, -0.1) is 0 Å². The minimum Gasteiger partial charge on any atom is -0.412 e. The van der Waals surface area contributed by atoms with Crippen molar-refractivity contribution in [2.75, 3.05) is 13.7 Å². The number of methoxy groups -OCH3 is 1. The van der Waals surface area contributed by atoms with E-state index in [1.807, 2.05) is 0 Å². The smallest absolute Gasteiger partial charge is 0.302 e. The third kappa shape index (κ3) is 7.35. The topological polar surface area (TPSA) is 57.8 Å². The molecule has 0 aromatic rings. The van der Waals surface area contributed by atoms with Crippen molar-refractivity contribution >= 4 is 6.29 Å². The number of carbonyl (C=O) groups is 1. The molecule has 0 atom stereocenters. The molecule has 0 aromatic heterocycles. The maximum absolute atomic E-state index is 12.1. The predicted molar refractivity (Wildman–Crippen MR) is 35.7 cm³/mol. The van der Waals surface area contributed by atoms with E-state index in [4.69, 9.17) is 0 Å². The van der Waals surface area contributed by atoms with Crippen LogP contribution in [0.5, 0.6) is 0 Å². The average molecular weight is 170 g/mol. The van der Waals surface area contributed by atoms with E-state index in [1.54, 1.807) is 0 Å². The summed E-state index contributed by atoms with van der Waals surface area (Å²) in [7, 11) is 1.43. The first kappa shape index (κ1) is 13.1. The van der Waals surface area contributed by atoms with Crippen LogP contribution in [0.15, 0.2) is 0 Å². The summed E-state index contributed by atoms with van der Waals surface area (Å²) in [6.07, 6.45) is -0.546. The molecule has 0 aliphatic rings. The zero-order valence-electron chi connectivity index (χ0n) is 6.27. The fourth-order valence-electron chi connectivity index (χ4n) is 0.511. The number of halogens is 2. The van der Waals surface area contributed by atoms with Gasteiger partial charge < -0.3 is 10.2 Å². The van der Waals surface area contributed by atoms with Gasteiger partial charge in [0.15, 0.2) is 6.29 Å². The Hall–Kier alpha value is -0.550. The lowest BCUT2D eigenvalue weighted by atomic mass is 10.2. The maximum Gasteiger partial charge on any atom is 0.302 e. The summed E-state index contributed by atoms with van der Waals surface area (Å²) in [4.78, 5) is 9.63. The largest absolute Gasteiger partial charge is 0.412 e. The summed E-state index contributed by atoms with van der Waals surface area (Å²) >= 11 is 0. The molecule has 0 aromatic carbocycles. The van der Waals surface area contributed by atoms with Gasteiger partial charge in [0, 0.05) is 20.1 Å². The molecule has 2 N–H and O–H groups in total. The number of aldehydes is 1. The first-order chi connectivity index (χ1) is 4.62. The highest BCUT2D eigenvalue weighted by atomic mass is 19.3. The normalized spacial score (nSPS) is 10.5. The molecular weight excluding hydrogens is 158 g/mol. The van der Waals surface area contributed by atoms with E-state index < -0.39 is 12.3 Å². The lowest BCUT2D eigenvalue weighted by Crippen LogP contribution is -2.17. The van der Waals surface area contributed by atoms with Crippen LogP contribution in [-0.4, -0.2) is 31.4 Å². The van der Waals surface area contributed by atoms with Crippen LogP contribution >= 0.6 is 0 Å². The van der Waals surface area contributed by atoms with E-state index in [-0.39, 0.29) is 24.8 Å². The van der Waals surface area contributed by atoms with Gasteiger partial charge in [-0.25, -0.2) is 0 Å². The fourth-order valence-corrected chi connectivity index (χ4v) is 0.511. The third-order valence-corrected chi connectivity index (χ3v) is 1.03. The van der Waals surface area contributed by atoms with Gasteiger partial charge >= 0.3 is 5.92 Å². The highest BCUT2D eigenvalue weighted by Gasteiger charge is 2.26. The maximum atomic E-state index is 12.1. The van der Waals surface area contributed by atoms with Gasteiger partial charge in [-0.3, -0.25) is 4.79 Å². The first-order valence-electron chi connectivity index (χ1n) is 2.95. The van der Waals surface area contributed by atoms with E-state index in [9.17, 15) is 13.6 Å². The number of hydrogen-bond acceptors (Lipinski definition) is 2. The molecule has 0 heterocycles. The van der Waals surface area contributed by atoms with Crippen molar-refractivity contribution in [2.24, 2.45) is 0 Å². The van der Waals surface area contributed by atoms with E-state index in [0.717, 1.165) is 0 Å². The van der Waals surface area contributed by atoms with Crippen LogP contribution in [0.3, 0.4) is 0 Å². The van der Waals surface area contributed by atoms with Crippen LogP contribution < -0.4 is 0 Å². The summed E-state index contributed by atoms with van der Waals surface area (Å²) in [6, 6.07) is 0. The predicted octanol–water partition coefficient (Wildman–Crippen LogP) is 0.423. The lowest BCUT2D eigenvalue weighted by molar-refractivity contribution is -0.130. The molecule has 0 aliphatic carbocycles. The van der Waals surface area contributed by atoms with Gasteiger partial charge in [0.1, 0.15) is 0 Å². The Morgan fingerprint density at radius 1 is 1.55 bits per heavy atom. The second kappa shape index (κ2) is 6.18. The number of hydrogen-bond donors (Lipinski definition) is 0. The van der Waals surface area contributed by atoms with Gasteiger partial charge in [-0.2, -0.15) is 8.78 Å². The molecule has 0 saturated carbocycles. The highest BCUT2D eigenvalue weighted by molar-refractivity contribution is 5.59.